The first-order valence-electron chi connectivity index (χ1n) is 11.2. The smallest absolute Gasteiger partial charge is 0.227 e. The molecule has 1 fully saturated rings. The minimum atomic E-state index is -0.818. The lowest BCUT2D eigenvalue weighted by Crippen LogP contribution is -2.30. The van der Waals surface area contributed by atoms with E-state index in [-0.39, 0.29) is 23.5 Å². The minimum Gasteiger partial charge on any atom is -0.486 e. The lowest BCUT2D eigenvalue weighted by Gasteiger charge is -2.19. The van der Waals surface area contributed by atoms with Crippen molar-refractivity contribution in [3.05, 3.63) is 47.5 Å². The third-order valence-corrected chi connectivity index (χ3v) is 5.66. The molecule has 35 heavy (non-hydrogen) atoms. The largest absolute Gasteiger partial charge is 0.486 e. The summed E-state index contributed by atoms with van der Waals surface area (Å²) in [6, 6.07) is 7.70. The summed E-state index contributed by atoms with van der Waals surface area (Å²) in [5.41, 5.74) is 1.54. The molecule has 0 radical (unpaired) electrons. The van der Waals surface area contributed by atoms with Crippen LogP contribution in [0, 0.1) is 5.82 Å². The summed E-state index contributed by atoms with van der Waals surface area (Å²) in [5.74, 6) is 0.00119. The van der Waals surface area contributed by atoms with E-state index in [1.807, 2.05) is 14.1 Å². The number of likely N-dealkylation sites (N-methyl/N-ethyl adjacent to an activating group) is 1. The summed E-state index contributed by atoms with van der Waals surface area (Å²) < 4.78 is 25.1. The number of amides is 1. The fourth-order valence-electron chi connectivity index (χ4n) is 3.78. The van der Waals surface area contributed by atoms with Crippen molar-refractivity contribution in [3.8, 4) is 5.75 Å². The van der Waals surface area contributed by atoms with Crippen LogP contribution in [-0.2, 0) is 9.53 Å². The Bertz CT molecular complexity index is 1210. The van der Waals surface area contributed by atoms with Crippen LogP contribution < -0.4 is 15.4 Å². The SMILES string of the molecule is CN(C)CC(O)CC(=O)Nc1cc2c(Nc3ccc(F)c(Cl)c3)ncnc2cc1OC1CCOC1. The van der Waals surface area contributed by atoms with Gasteiger partial charge in [0.2, 0.25) is 5.91 Å². The van der Waals surface area contributed by atoms with Crippen LogP contribution in [0.3, 0.4) is 0 Å². The summed E-state index contributed by atoms with van der Waals surface area (Å²) in [5, 5.41) is 16.7. The normalized spacial score (nSPS) is 16.5. The molecule has 1 aliphatic heterocycles. The number of anilines is 3. The van der Waals surface area contributed by atoms with Crippen LogP contribution >= 0.6 is 11.6 Å². The summed E-state index contributed by atoms with van der Waals surface area (Å²) in [7, 11) is 3.64. The standard InChI is InChI=1S/C24H27ClFN5O4/c1-31(2)11-15(32)8-23(33)30-21-9-17-20(10-22(21)35-16-5-6-34-12-16)27-13-28-24(17)29-14-3-4-19(26)18(25)7-14/h3-4,7,9-10,13,15-16,32H,5-6,8,11-12H2,1-2H3,(H,30,33)(H,27,28,29). The molecule has 2 atom stereocenters. The molecule has 1 saturated heterocycles. The molecule has 0 spiro atoms. The van der Waals surface area contributed by atoms with Gasteiger partial charge in [0.15, 0.2) is 0 Å². The molecule has 0 bridgehead atoms. The molecule has 3 aromatic rings. The summed E-state index contributed by atoms with van der Waals surface area (Å²) >= 11 is 5.91. The third kappa shape index (κ3) is 6.55. The van der Waals surface area contributed by atoms with Gasteiger partial charge in [0.05, 0.1) is 42.0 Å². The van der Waals surface area contributed by atoms with Crippen molar-refractivity contribution in [1.82, 2.24) is 14.9 Å². The molecule has 2 heterocycles. The molecular weight excluding hydrogens is 477 g/mol. The highest BCUT2D eigenvalue weighted by atomic mass is 35.5. The monoisotopic (exact) mass is 503 g/mol. The van der Waals surface area contributed by atoms with Crippen molar-refractivity contribution in [2.75, 3.05) is 44.5 Å². The maximum atomic E-state index is 13.6. The second-order valence-electron chi connectivity index (χ2n) is 8.61. The Hall–Kier alpha value is -3.05. The Morgan fingerprint density at radius 3 is 2.89 bits per heavy atom. The maximum absolute atomic E-state index is 13.6. The number of carbonyl (C=O) groups is 1. The van der Waals surface area contributed by atoms with Crippen molar-refractivity contribution in [1.29, 1.82) is 0 Å². The number of hydrogen-bond donors (Lipinski definition) is 3. The van der Waals surface area contributed by atoms with Gasteiger partial charge in [-0.15, -0.1) is 0 Å². The van der Waals surface area contributed by atoms with Crippen LogP contribution in [0.25, 0.3) is 10.9 Å². The van der Waals surface area contributed by atoms with E-state index in [9.17, 15) is 14.3 Å². The van der Waals surface area contributed by atoms with Gasteiger partial charge in [-0.3, -0.25) is 4.79 Å². The molecule has 9 nitrogen and oxygen atoms in total. The number of carbonyl (C=O) groups excluding carboxylic acids is 1. The third-order valence-electron chi connectivity index (χ3n) is 5.37. The van der Waals surface area contributed by atoms with Gasteiger partial charge in [-0.1, -0.05) is 11.6 Å². The van der Waals surface area contributed by atoms with Gasteiger partial charge in [-0.05, 0) is 38.4 Å². The van der Waals surface area contributed by atoms with Gasteiger partial charge in [0, 0.05) is 30.1 Å². The Kier molecular flexibility index (Phi) is 7.97. The molecule has 0 saturated carbocycles. The Balaban J connectivity index is 1.66. The van der Waals surface area contributed by atoms with Gasteiger partial charge in [0.25, 0.3) is 0 Å². The van der Waals surface area contributed by atoms with Crippen molar-refractivity contribution < 1.29 is 23.8 Å². The van der Waals surface area contributed by atoms with E-state index in [2.05, 4.69) is 20.6 Å². The fourth-order valence-corrected chi connectivity index (χ4v) is 3.96. The highest BCUT2D eigenvalue weighted by Gasteiger charge is 2.22. The zero-order valence-corrected chi connectivity index (χ0v) is 20.2. The van der Waals surface area contributed by atoms with Crippen molar-refractivity contribution in [2.24, 2.45) is 0 Å². The fraction of sp³-hybridized carbons (Fsp3) is 0.375. The van der Waals surface area contributed by atoms with E-state index < -0.39 is 11.9 Å². The predicted octanol–water partition coefficient (Wildman–Crippen LogP) is 3.58. The number of aliphatic hydroxyl groups is 1. The predicted molar refractivity (Wildman–Crippen MR) is 132 cm³/mol. The number of aliphatic hydroxyl groups excluding tert-OH is 1. The molecule has 1 aromatic heterocycles. The molecular formula is C24H27ClFN5O4. The molecule has 2 unspecified atom stereocenters. The Labute approximate surface area is 207 Å². The number of rotatable bonds is 9. The number of nitrogens with zero attached hydrogens (tertiary/aromatic N) is 3. The van der Waals surface area contributed by atoms with E-state index in [0.717, 1.165) is 6.42 Å². The molecule has 1 amide bonds. The summed E-state index contributed by atoms with van der Waals surface area (Å²) in [6.45, 7) is 1.41. The number of hydrogen-bond acceptors (Lipinski definition) is 8. The number of aromatic nitrogens is 2. The number of benzene rings is 2. The molecule has 2 aromatic carbocycles. The Morgan fingerprint density at radius 1 is 1.34 bits per heavy atom. The van der Waals surface area contributed by atoms with Gasteiger partial charge in [0.1, 0.15) is 29.8 Å². The molecule has 1 aliphatic rings. The van der Waals surface area contributed by atoms with Gasteiger partial charge >= 0.3 is 0 Å². The van der Waals surface area contributed by atoms with Gasteiger partial charge < -0.3 is 30.1 Å². The Morgan fingerprint density at radius 2 is 2.17 bits per heavy atom. The number of halogens is 2. The lowest BCUT2D eigenvalue weighted by molar-refractivity contribution is -0.118. The number of ether oxygens (including phenoxy) is 2. The topological polar surface area (TPSA) is 109 Å². The molecule has 11 heteroatoms. The highest BCUT2D eigenvalue weighted by Crippen LogP contribution is 2.35. The van der Waals surface area contributed by atoms with Crippen LogP contribution in [0.15, 0.2) is 36.7 Å². The van der Waals surface area contributed by atoms with Crippen LogP contribution in [-0.4, -0.2) is 71.9 Å². The van der Waals surface area contributed by atoms with Crippen LogP contribution in [0.4, 0.5) is 21.6 Å². The van der Waals surface area contributed by atoms with Crippen molar-refractivity contribution >= 4 is 45.6 Å². The summed E-state index contributed by atoms with van der Waals surface area (Å²) in [4.78, 5) is 23.2. The quantitative estimate of drug-likeness (QED) is 0.406. The zero-order valence-electron chi connectivity index (χ0n) is 19.4. The minimum absolute atomic E-state index is 0.0212. The second kappa shape index (κ2) is 11.1. The summed E-state index contributed by atoms with van der Waals surface area (Å²) in [6.07, 6.45) is 1.08. The van der Waals surface area contributed by atoms with Crippen molar-refractivity contribution in [2.45, 2.75) is 25.0 Å². The molecule has 3 N–H and O–H groups in total. The van der Waals surface area contributed by atoms with Gasteiger partial charge in [-0.25, -0.2) is 14.4 Å². The van der Waals surface area contributed by atoms with E-state index in [1.54, 1.807) is 23.1 Å². The average Bonchev–Trinajstić information content (AvgIpc) is 3.29. The van der Waals surface area contributed by atoms with E-state index in [1.165, 1.54) is 18.5 Å². The van der Waals surface area contributed by atoms with Crippen LogP contribution in [0.5, 0.6) is 5.75 Å². The highest BCUT2D eigenvalue weighted by molar-refractivity contribution is 6.31. The van der Waals surface area contributed by atoms with Crippen LogP contribution in [0.2, 0.25) is 5.02 Å². The lowest BCUT2D eigenvalue weighted by atomic mass is 10.1. The van der Waals surface area contributed by atoms with Crippen LogP contribution in [0.1, 0.15) is 12.8 Å². The number of nitrogens with one attached hydrogen (secondary N) is 2. The first kappa shape index (κ1) is 25.1. The van der Waals surface area contributed by atoms with E-state index in [4.69, 9.17) is 21.1 Å². The average molecular weight is 504 g/mol. The van der Waals surface area contributed by atoms with Gasteiger partial charge in [-0.2, -0.15) is 0 Å². The first-order valence-corrected chi connectivity index (χ1v) is 11.5. The molecule has 4 rings (SSSR count). The maximum Gasteiger partial charge on any atom is 0.227 e. The zero-order chi connectivity index (χ0) is 24.9. The first-order chi connectivity index (χ1) is 16.8. The van der Waals surface area contributed by atoms with Crippen molar-refractivity contribution in [3.63, 3.8) is 0 Å². The molecule has 186 valence electrons. The van der Waals surface area contributed by atoms with E-state index in [0.29, 0.717) is 53.6 Å². The van der Waals surface area contributed by atoms with E-state index >= 15 is 0 Å². The second-order valence-corrected chi connectivity index (χ2v) is 9.02. The molecule has 0 aliphatic carbocycles. The number of fused-ring (bicyclic) bond motifs is 1.